The number of alkyl halides is 1. The largest absolute Gasteiger partial charge is 0.482 e. The Morgan fingerprint density at radius 1 is 1.47 bits per heavy atom. The van der Waals surface area contributed by atoms with Gasteiger partial charge in [0, 0.05) is 17.6 Å². The molecule has 0 atom stereocenters. The molecular weight excluding hydrogens is 373 g/mol. The summed E-state index contributed by atoms with van der Waals surface area (Å²) in [5.74, 6) is 0.689. The smallest absolute Gasteiger partial charge is 0.189 e. The first kappa shape index (κ1) is 10.9. The topological polar surface area (TPSA) is 42.1 Å². The lowest BCUT2D eigenvalue weighted by Crippen LogP contribution is -2.01. The Kier molecular flexibility index (Phi) is 3.30. The van der Waals surface area contributed by atoms with Gasteiger partial charge in [0.2, 0.25) is 0 Å². The maximum atomic E-state index is 11.6. The molecule has 1 N–H and O–H groups in total. The van der Waals surface area contributed by atoms with Crippen LogP contribution in [0, 0.1) is 0 Å². The molecule has 0 aliphatic carbocycles. The zero-order valence-corrected chi connectivity index (χ0v) is 11.3. The van der Waals surface area contributed by atoms with Crippen molar-refractivity contribution < 1.29 is 4.74 Å². The lowest BCUT2D eigenvalue weighted by molar-refractivity contribution is 0.402. The highest BCUT2D eigenvalue weighted by atomic mass is 127. The Morgan fingerprint density at radius 2 is 2.27 bits per heavy atom. The third kappa shape index (κ3) is 2.17. The average molecular weight is 380 g/mol. The first-order valence-electron chi connectivity index (χ1n) is 4.22. The summed E-state index contributed by atoms with van der Waals surface area (Å²) in [6, 6.07) is 5.10. The molecule has 0 unspecified atom stereocenters. The van der Waals surface area contributed by atoms with Gasteiger partial charge in [-0.25, -0.2) is 0 Å². The summed E-state index contributed by atoms with van der Waals surface area (Å²) < 4.78 is 6.78. The molecule has 0 spiro atoms. The van der Waals surface area contributed by atoms with E-state index >= 15 is 0 Å². The number of aromatic nitrogens is 1. The predicted octanol–water partition coefficient (Wildman–Crippen LogP) is 3.06. The molecule has 0 aliphatic rings. The average Bonchev–Trinajstić information content (AvgIpc) is 2.21. The van der Waals surface area contributed by atoms with Crippen molar-refractivity contribution in [2.24, 2.45) is 0 Å². The van der Waals surface area contributed by atoms with Crippen LogP contribution >= 0.6 is 38.5 Å². The van der Waals surface area contributed by atoms with Gasteiger partial charge in [-0.2, -0.15) is 0 Å². The second-order valence-electron chi connectivity index (χ2n) is 2.92. The SMILES string of the molecule is O=c1cc[nH]c2cc(Br)c(OCI)cc12. The first-order valence-corrected chi connectivity index (χ1v) is 6.54. The van der Waals surface area contributed by atoms with E-state index in [2.05, 4.69) is 43.5 Å². The summed E-state index contributed by atoms with van der Waals surface area (Å²) in [4.78, 5) is 14.6. The van der Waals surface area contributed by atoms with Crippen LogP contribution in [0.5, 0.6) is 5.75 Å². The van der Waals surface area contributed by atoms with Crippen molar-refractivity contribution in [2.75, 3.05) is 4.61 Å². The molecule has 1 aromatic heterocycles. The predicted molar refractivity (Wildman–Crippen MR) is 71.8 cm³/mol. The minimum Gasteiger partial charge on any atom is -0.482 e. The van der Waals surface area contributed by atoms with Crippen molar-refractivity contribution in [3.8, 4) is 5.75 Å². The van der Waals surface area contributed by atoms with E-state index in [1.807, 2.05) is 6.07 Å². The first-order chi connectivity index (χ1) is 7.22. The Labute approximate surface area is 108 Å². The molecule has 0 saturated heterocycles. The van der Waals surface area contributed by atoms with E-state index in [4.69, 9.17) is 4.74 Å². The molecular formula is C10H7BrINO2. The van der Waals surface area contributed by atoms with E-state index < -0.39 is 0 Å². The molecule has 1 heterocycles. The third-order valence-corrected chi connectivity index (χ3v) is 2.95. The van der Waals surface area contributed by atoms with Crippen molar-refractivity contribution in [1.82, 2.24) is 4.98 Å². The zero-order valence-electron chi connectivity index (χ0n) is 7.59. The van der Waals surface area contributed by atoms with E-state index in [0.717, 1.165) is 9.99 Å². The Hall–Kier alpha value is -0.560. The van der Waals surface area contributed by atoms with E-state index in [1.54, 1.807) is 12.3 Å². The Balaban J connectivity index is 2.72. The van der Waals surface area contributed by atoms with Crippen LogP contribution in [0.4, 0.5) is 0 Å². The molecule has 0 amide bonds. The van der Waals surface area contributed by atoms with Crippen LogP contribution in [0.2, 0.25) is 0 Å². The van der Waals surface area contributed by atoms with E-state index in [9.17, 15) is 4.79 Å². The molecule has 1 aromatic carbocycles. The summed E-state index contributed by atoms with van der Waals surface area (Å²) in [5, 5.41) is 0.639. The van der Waals surface area contributed by atoms with Crippen LogP contribution in [0.25, 0.3) is 10.9 Å². The molecule has 0 aliphatic heterocycles. The number of benzene rings is 1. The molecule has 5 heteroatoms. The summed E-state index contributed by atoms with van der Waals surface area (Å²) in [6.45, 7) is 0. The van der Waals surface area contributed by atoms with Crippen molar-refractivity contribution in [1.29, 1.82) is 0 Å². The molecule has 2 rings (SSSR count). The zero-order chi connectivity index (χ0) is 10.8. The van der Waals surface area contributed by atoms with Gasteiger partial charge in [0.05, 0.1) is 9.99 Å². The van der Waals surface area contributed by atoms with Crippen molar-refractivity contribution in [3.63, 3.8) is 0 Å². The number of ether oxygens (including phenoxy) is 1. The number of nitrogens with one attached hydrogen (secondary N) is 1. The van der Waals surface area contributed by atoms with Crippen LogP contribution in [0.1, 0.15) is 0 Å². The lowest BCUT2D eigenvalue weighted by atomic mass is 10.2. The summed E-state index contributed by atoms with van der Waals surface area (Å²) in [6.07, 6.45) is 1.63. The minimum absolute atomic E-state index is 0.00504. The van der Waals surface area contributed by atoms with E-state index in [0.29, 0.717) is 15.7 Å². The van der Waals surface area contributed by atoms with E-state index in [-0.39, 0.29) is 5.43 Å². The monoisotopic (exact) mass is 379 g/mol. The second kappa shape index (κ2) is 4.52. The van der Waals surface area contributed by atoms with Crippen molar-refractivity contribution in [3.05, 3.63) is 39.1 Å². The normalized spacial score (nSPS) is 10.5. The molecule has 15 heavy (non-hydrogen) atoms. The molecule has 0 saturated carbocycles. The number of pyridine rings is 1. The highest BCUT2D eigenvalue weighted by Gasteiger charge is 2.05. The lowest BCUT2D eigenvalue weighted by Gasteiger charge is -2.06. The number of hydrogen-bond acceptors (Lipinski definition) is 2. The Morgan fingerprint density at radius 3 is 3.00 bits per heavy atom. The number of aromatic amines is 1. The van der Waals surface area contributed by atoms with Gasteiger partial charge in [-0.3, -0.25) is 4.79 Å². The van der Waals surface area contributed by atoms with Crippen LogP contribution in [-0.2, 0) is 0 Å². The molecule has 0 fully saturated rings. The summed E-state index contributed by atoms with van der Waals surface area (Å²) in [7, 11) is 0. The number of rotatable bonds is 2. The molecule has 78 valence electrons. The summed E-state index contributed by atoms with van der Waals surface area (Å²) >= 11 is 5.50. The van der Waals surface area contributed by atoms with Crippen LogP contribution in [-0.4, -0.2) is 9.60 Å². The fourth-order valence-electron chi connectivity index (χ4n) is 1.34. The van der Waals surface area contributed by atoms with Gasteiger partial charge < -0.3 is 9.72 Å². The van der Waals surface area contributed by atoms with Gasteiger partial charge in [0.1, 0.15) is 10.4 Å². The second-order valence-corrected chi connectivity index (χ2v) is 4.40. The van der Waals surface area contributed by atoms with Gasteiger partial charge in [0.15, 0.2) is 5.43 Å². The molecule has 0 radical (unpaired) electrons. The quantitative estimate of drug-likeness (QED) is 0.643. The number of fused-ring (bicyclic) bond motifs is 1. The van der Waals surface area contributed by atoms with Crippen LogP contribution < -0.4 is 10.2 Å². The van der Waals surface area contributed by atoms with Gasteiger partial charge in [-0.05, 0) is 50.7 Å². The third-order valence-electron chi connectivity index (χ3n) is 2.02. The van der Waals surface area contributed by atoms with Crippen LogP contribution in [0.3, 0.4) is 0 Å². The fourth-order valence-corrected chi connectivity index (χ4v) is 2.14. The fraction of sp³-hybridized carbons (Fsp3) is 0.100. The molecule has 0 bridgehead atoms. The summed E-state index contributed by atoms with van der Waals surface area (Å²) in [5.41, 5.74) is 0.796. The highest BCUT2D eigenvalue weighted by molar-refractivity contribution is 14.1. The molecule has 2 aromatic rings. The number of hydrogen-bond donors (Lipinski definition) is 1. The highest BCUT2D eigenvalue weighted by Crippen LogP contribution is 2.28. The van der Waals surface area contributed by atoms with Crippen LogP contribution in [0.15, 0.2) is 33.7 Å². The minimum atomic E-state index is -0.00504. The van der Waals surface area contributed by atoms with Crippen molar-refractivity contribution in [2.45, 2.75) is 0 Å². The van der Waals surface area contributed by atoms with Gasteiger partial charge >= 0.3 is 0 Å². The molecule has 3 nitrogen and oxygen atoms in total. The van der Waals surface area contributed by atoms with Crippen molar-refractivity contribution >= 4 is 49.4 Å². The van der Waals surface area contributed by atoms with Gasteiger partial charge in [-0.15, -0.1) is 0 Å². The number of H-pyrrole nitrogens is 1. The standard InChI is InChI=1S/C10H7BrINO2/c11-7-4-8-6(3-10(7)15-5-12)9(14)1-2-13-8/h1-4H,5H2,(H,13,14). The maximum absolute atomic E-state index is 11.6. The number of halogens is 2. The maximum Gasteiger partial charge on any atom is 0.189 e. The Bertz CT molecular complexity index is 553. The van der Waals surface area contributed by atoms with E-state index in [1.165, 1.54) is 6.07 Å². The van der Waals surface area contributed by atoms with Gasteiger partial charge in [0.25, 0.3) is 0 Å². The van der Waals surface area contributed by atoms with Gasteiger partial charge in [-0.1, -0.05) is 0 Å².